The maximum atomic E-state index is 14.2. The smallest absolute Gasteiger partial charge is 0.245 e. The fraction of sp³-hybridized carbons (Fsp3) is 0.562. The zero-order chi connectivity index (χ0) is 77.8. The Balaban J connectivity index is 2.21. The monoisotopic (exact) mass is 1500 g/mol. The van der Waals surface area contributed by atoms with Crippen LogP contribution in [0.1, 0.15) is 96.1 Å². The molecule has 0 heterocycles. The maximum Gasteiger partial charge on any atom is 0.245 e. The van der Waals surface area contributed by atoms with Gasteiger partial charge in [-0.25, -0.2) is 0 Å². The minimum atomic E-state index is -1.72. The minimum Gasteiger partial charge on any atom is -0.391 e. The second kappa shape index (κ2) is 49.7. The number of guanidine groups is 2. The van der Waals surface area contributed by atoms with Crippen LogP contribution in [0.25, 0.3) is 0 Å². The van der Waals surface area contributed by atoms with E-state index in [0.29, 0.717) is 24.8 Å². The Hall–Kier alpha value is -9.90. The summed E-state index contributed by atoms with van der Waals surface area (Å²) in [6.45, 7) is 2.22. The van der Waals surface area contributed by atoms with Crippen LogP contribution in [0.2, 0.25) is 0 Å². The SMILES string of the molecule is C[C@H](NC(=O)CNC(=O)[C@@H](NC(=O)[C@H](Cc1ccccc1)NC(=O)CNC(=O)CNC(=O)[C@@H](N)Cc1ccccc1)[C@@H](C)O)C(=O)N[C@@H](CCCN=C(N)N)C(=O)N[C@@H](CCCCN)C(=O)N[C@@H](CS)C(=O)N[C@@H](C)C(=O)N[C@@H](CCCN=C(N)N)C(=O)N[C@@H](CCCCN)C(=O)N[C@@H](CS)C(N)=O. The molecule has 0 aliphatic carbocycles. The van der Waals surface area contributed by atoms with Crippen molar-refractivity contribution in [3.05, 3.63) is 71.8 Å². The summed E-state index contributed by atoms with van der Waals surface area (Å²) < 4.78 is 0. The number of nitrogens with zero attached hydrogens (tertiary/aromatic N) is 2. The topological polar surface area (TPSA) is 648 Å². The molecule has 38 nitrogen and oxygen atoms in total. The Labute approximate surface area is 613 Å². The maximum absolute atomic E-state index is 14.2. The van der Waals surface area contributed by atoms with Gasteiger partial charge in [-0.2, -0.15) is 25.3 Å². The van der Waals surface area contributed by atoms with Gasteiger partial charge in [0, 0.05) is 31.0 Å². The van der Waals surface area contributed by atoms with Crippen LogP contribution in [0, 0.1) is 0 Å². The van der Waals surface area contributed by atoms with Crippen molar-refractivity contribution in [2.45, 2.75) is 170 Å². The average Bonchev–Trinajstić information content (AvgIpc) is 0.861. The number of rotatable bonds is 50. The number of nitrogens with two attached hydrogens (primary N) is 8. The van der Waals surface area contributed by atoms with Gasteiger partial charge in [-0.05, 0) is 116 Å². The molecule has 2 rings (SSSR count). The molecule has 12 atom stereocenters. The molecule has 104 heavy (non-hydrogen) atoms. The van der Waals surface area contributed by atoms with Crippen LogP contribution in [0.15, 0.2) is 70.6 Å². The molecule has 30 N–H and O–H groups in total. The van der Waals surface area contributed by atoms with Crippen LogP contribution in [0.5, 0.6) is 0 Å². The van der Waals surface area contributed by atoms with E-state index < -0.39 is 175 Å². The molecule has 40 heteroatoms. The van der Waals surface area contributed by atoms with E-state index >= 15 is 0 Å². The largest absolute Gasteiger partial charge is 0.391 e. The summed E-state index contributed by atoms with van der Waals surface area (Å²) in [5, 5.41) is 42.7. The molecule has 0 saturated carbocycles. The number of hydrogen-bond donors (Lipinski definition) is 24. The van der Waals surface area contributed by atoms with Gasteiger partial charge in [-0.3, -0.25) is 77.1 Å². The second-order valence-corrected chi connectivity index (χ2v) is 24.9. The predicted molar refractivity (Wildman–Crippen MR) is 392 cm³/mol. The summed E-state index contributed by atoms with van der Waals surface area (Å²) in [5.74, 6) is -13.2. The number of unbranched alkanes of at least 4 members (excludes halogenated alkanes) is 2. The molecular formula is C64H105N23O15S2. The predicted octanol–water partition coefficient (Wildman–Crippen LogP) is -8.87. The molecule has 2 aromatic carbocycles. The van der Waals surface area contributed by atoms with Crippen molar-refractivity contribution in [1.82, 2.24) is 69.1 Å². The van der Waals surface area contributed by atoms with Crippen molar-refractivity contribution in [3.8, 4) is 0 Å². The van der Waals surface area contributed by atoms with E-state index in [0.717, 1.165) is 5.56 Å². The van der Waals surface area contributed by atoms with E-state index in [1.54, 1.807) is 60.7 Å². The van der Waals surface area contributed by atoms with Gasteiger partial charge in [0.2, 0.25) is 82.7 Å². The van der Waals surface area contributed by atoms with Crippen LogP contribution in [0.4, 0.5) is 0 Å². The van der Waals surface area contributed by atoms with Crippen molar-refractivity contribution in [2.75, 3.05) is 57.3 Å². The zero-order valence-electron chi connectivity index (χ0n) is 58.6. The number of benzene rings is 2. The fourth-order valence-corrected chi connectivity index (χ4v) is 10.2. The van der Waals surface area contributed by atoms with Crippen molar-refractivity contribution >= 4 is 120 Å². The zero-order valence-corrected chi connectivity index (χ0v) is 60.4. The van der Waals surface area contributed by atoms with Crippen molar-refractivity contribution in [3.63, 3.8) is 0 Å². The van der Waals surface area contributed by atoms with Crippen molar-refractivity contribution < 1.29 is 72.2 Å². The highest BCUT2D eigenvalue weighted by Gasteiger charge is 2.35. The van der Waals surface area contributed by atoms with Gasteiger partial charge in [0.1, 0.15) is 60.4 Å². The molecule has 0 saturated heterocycles. The number of carbonyl (C=O) groups excluding carboxylic acids is 14. The van der Waals surface area contributed by atoms with Gasteiger partial charge in [0.15, 0.2) is 11.9 Å². The first-order chi connectivity index (χ1) is 49.3. The molecule has 578 valence electrons. The van der Waals surface area contributed by atoms with E-state index in [2.05, 4.69) is 104 Å². The lowest BCUT2D eigenvalue weighted by Crippen LogP contribution is -2.60. The van der Waals surface area contributed by atoms with Gasteiger partial charge in [-0.15, -0.1) is 0 Å². The lowest BCUT2D eigenvalue weighted by atomic mass is 10.0. The van der Waals surface area contributed by atoms with Gasteiger partial charge in [0.05, 0.1) is 31.8 Å². The number of aliphatic hydroxyl groups is 1. The first kappa shape index (κ1) is 90.2. The summed E-state index contributed by atoms with van der Waals surface area (Å²) in [4.78, 5) is 196. The molecule has 0 aliphatic rings. The van der Waals surface area contributed by atoms with Gasteiger partial charge < -0.3 is 120 Å². The normalized spacial score (nSPS) is 14.3. The number of aliphatic hydroxyl groups excluding tert-OH is 1. The number of amides is 14. The molecule has 0 fully saturated rings. The fourth-order valence-electron chi connectivity index (χ4n) is 9.63. The summed E-state index contributed by atoms with van der Waals surface area (Å²) in [6.07, 6.45) is 0.0347. The molecule has 0 bridgehead atoms. The number of primary amides is 1. The van der Waals surface area contributed by atoms with E-state index in [-0.39, 0.29) is 107 Å². The standard InChI is InChI=1S/C64H105N23O15S2/c1-35(78-49(90)32-77-62(102)51(37(3)88)87-60(100)45(29-39-18-8-5-9-19-39)80-50(91)31-75-48(89)30-76-55(95)40(67)28-38-16-6-4-7-17-38)53(93)81-43(22-14-26-73-63(69)70)56(96)84-42(21-11-13-25-66)59(99)86-47(34-104)61(101)79-36(2)54(94)82-44(23-15-27-74-64(71)72)57(97)83-41(20-10-12-24-65)58(98)85-46(33-103)52(68)92/h4-9,16-19,35-37,40-47,51,88,103-104H,10-15,20-34,65-67H2,1-3H3,(H2,68,92)(H,75,89)(H,76,95)(H,77,102)(H,78,90)(H,79,101)(H,80,91)(H,81,93)(H,82,94)(H,83,97)(H,84,96)(H,85,98)(H,86,99)(H,87,100)(H4,69,70,73)(H4,71,72,74)/t35-,36-,37+,40-,41-,42-,43-,44-,45-,46-,47-,51-/m0/s1. The van der Waals surface area contributed by atoms with Gasteiger partial charge in [0.25, 0.3) is 0 Å². The van der Waals surface area contributed by atoms with Crippen LogP contribution in [0.3, 0.4) is 0 Å². The third-order valence-electron chi connectivity index (χ3n) is 15.4. The van der Waals surface area contributed by atoms with E-state index in [1.807, 2.05) is 0 Å². The lowest BCUT2D eigenvalue weighted by Gasteiger charge is -2.27. The Morgan fingerprint density at radius 3 is 1.19 bits per heavy atom. The Morgan fingerprint density at radius 2 is 0.760 bits per heavy atom. The first-order valence-corrected chi connectivity index (χ1v) is 35.0. The van der Waals surface area contributed by atoms with E-state index in [4.69, 9.17) is 45.9 Å². The third-order valence-corrected chi connectivity index (χ3v) is 16.2. The summed E-state index contributed by atoms with van der Waals surface area (Å²) in [6, 6.07) is 2.44. The number of hydrogen-bond acceptors (Lipinski definition) is 22. The van der Waals surface area contributed by atoms with Crippen LogP contribution >= 0.6 is 25.3 Å². The number of thiol groups is 2. The van der Waals surface area contributed by atoms with Crippen molar-refractivity contribution in [1.29, 1.82) is 0 Å². The summed E-state index contributed by atoms with van der Waals surface area (Å²) in [5.41, 5.74) is 46.1. The molecule has 0 spiro atoms. The highest BCUT2D eigenvalue weighted by molar-refractivity contribution is 7.80. The van der Waals surface area contributed by atoms with Gasteiger partial charge >= 0.3 is 0 Å². The van der Waals surface area contributed by atoms with Crippen molar-refractivity contribution in [2.24, 2.45) is 55.9 Å². The molecule has 2 aromatic rings. The van der Waals surface area contributed by atoms with Crippen LogP contribution < -0.4 is 115 Å². The summed E-state index contributed by atoms with van der Waals surface area (Å²) in [7, 11) is 0. The molecule has 0 radical (unpaired) electrons. The van der Waals surface area contributed by atoms with Crippen LogP contribution in [-0.4, -0.2) is 230 Å². The molecule has 0 aromatic heterocycles. The van der Waals surface area contributed by atoms with Gasteiger partial charge in [-0.1, -0.05) is 60.7 Å². The molecule has 14 amide bonds. The van der Waals surface area contributed by atoms with E-state index in [9.17, 15) is 72.2 Å². The third kappa shape index (κ3) is 36.3. The minimum absolute atomic E-state index is 0.0191. The quantitative estimate of drug-likeness (QED) is 0.0127. The number of aliphatic imine (C=N–C) groups is 2. The second-order valence-electron chi connectivity index (χ2n) is 24.2. The van der Waals surface area contributed by atoms with E-state index in [1.165, 1.54) is 20.8 Å². The Kier molecular flexibility index (Phi) is 43.1. The lowest BCUT2D eigenvalue weighted by molar-refractivity contribution is -0.135. The highest BCUT2D eigenvalue weighted by Crippen LogP contribution is 2.11. The first-order valence-electron chi connectivity index (χ1n) is 33.7. The number of carbonyl (C=O) groups is 14. The molecular weight excluding hydrogens is 1390 g/mol. The molecule has 0 aliphatic heterocycles. The molecule has 0 unspecified atom stereocenters. The Bertz CT molecular complexity index is 3210. The number of nitrogens with one attached hydrogen (secondary N) is 13. The highest BCUT2D eigenvalue weighted by atomic mass is 32.1. The Morgan fingerprint density at radius 1 is 0.394 bits per heavy atom. The van der Waals surface area contributed by atoms with Crippen LogP contribution in [-0.2, 0) is 80.0 Å². The average molecular weight is 1500 g/mol. The summed E-state index contributed by atoms with van der Waals surface area (Å²) >= 11 is 8.32.